The number of esters is 1. The molecular formula is C9H18INO3. The fourth-order valence-corrected chi connectivity index (χ4v) is 1.02. The second-order valence-electron chi connectivity index (χ2n) is 3.24. The standard InChI is InChI=1S/C9H18INO3/c1-8(10)7-14-9(13)3-4-11(2)5-6-12/h8,12H,3-7H2,1-2H3. The molecule has 0 heterocycles. The van der Waals surface area contributed by atoms with Crippen LogP contribution in [-0.2, 0) is 9.53 Å². The van der Waals surface area contributed by atoms with Crippen LogP contribution >= 0.6 is 22.6 Å². The summed E-state index contributed by atoms with van der Waals surface area (Å²) in [4.78, 5) is 13.0. The lowest BCUT2D eigenvalue weighted by Gasteiger charge is -2.14. The highest BCUT2D eigenvalue weighted by Crippen LogP contribution is 2.00. The lowest BCUT2D eigenvalue weighted by Crippen LogP contribution is -2.25. The van der Waals surface area contributed by atoms with Gasteiger partial charge in [-0.1, -0.05) is 29.5 Å². The summed E-state index contributed by atoms with van der Waals surface area (Å²) in [6, 6.07) is 0. The molecule has 0 spiro atoms. The van der Waals surface area contributed by atoms with Gasteiger partial charge in [0.05, 0.1) is 13.0 Å². The molecule has 1 atom stereocenters. The number of carbonyl (C=O) groups excluding carboxylic acids is 1. The van der Waals surface area contributed by atoms with Crippen molar-refractivity contribution < 1.29 is 14.6 Å². The van der Waals surface area contributed by atoms with Crippen LogP contribution in [0.2, 0.25) is 0 Å². The number of rotatable bonds is 7. The van der Waals surface area contributed by atoms with Crippen molar-refractivity contribution in [3.05, 3.63) is 0 Å². The summed E-state index contributed by atoms with van der Waals surface area (Å²) in [5.74, 6) is -0.168. The maximum absolute atomic E-state index is 11.1. The first kappa shape index (κ1) is 14.1. The Morgan fingerprint density at radius 2 is 2.21 bits per heavy atom. The van der Waals surface area contributed by atoms with E-state index in [2.05, 4.69) is 22.6 Å². The molecule has 4 nitrogen and oxygen atoms in total. The summed E-state index contributed by atoms with van der Waals surface area (Å²) in [6.45, 7) is 3.82. The molecule has 0 bridgehead atoms. The van der Waals surface area contributed by atoms with Gasteiger partial charge in [0, 0.05) is 17.0 Å². The van der Waals surface area contributed by atoms with E-state index in [1.165, 1.54) is 0 Å². The van der Waals surface area contributed by atoms with Crippen molar-refractivity contribution in [1.82, 2.24) is 4.90 Å². The summed E-state index contributed by atoms with van der Waals surface area (Å²) >= 11 is 2.21. The second kappa shape index (κ2) is 8.43. The molecule has 0 saturated carbocycles. The molecule has 0 rings (SSSR count). The predicted molar refractivity (Wildman–Crippen MR) is 63.6 cm³/mol. The van der Waals surface area contributed by atoms with Gasteiger partial charge in [-0.25, -0.2) is 0 Å². The fraction of sp³-hybridized carbons (Fsp3) is 0.889. The van der Waals surface area contributed by atoms with Gasteiger partial charge in [-0.05, 0) is 7.05 Å². The number of aliphatic hydroxyl groups is 1. The summed E-state index contributed by atoms with van der Waals surface area (Å²) in [5, 5.41) is 8.62. The Balaban J connectivity index is 3.43. The molecule has 5 heteroatoms. The molecule has 0 amide bonds. The van der Waals surface area contributed by atoms with Gasteiger partial charge < -0.3 is 14.7 Å². The van der Waals surface area contributed by atoms with Crippen molar-refractivity contribution >= 4 is 28.6 Å². The molecule has 0 aromatic rings. The van der Waals surface area contributed by atoms with Gasteiger partial charge in [0.2, 0.25) is 0 Å². The number of hydrogen-bond donors (Lipinski definition) is 1. The van der Waals surface area contributed by atoms with E-state index in [9.17, 15) is 4.79 Å². The molecule has 0 aliphatic rings. The Morgan fingerprint density at radius 3 is 2.71 bits per heavy atom. The quantitative estimate of drug-likeness (QED) is 0.426. The third-order valence-corrected chi connectivity index (χ3v) is 2.01. The minimum Gasteiger partial charge on any atom is -0.465 e. The summed E-state index contributed by atoms with van der Waals surface area (Å²) < 4.78 is 5.35. The molecule has 0 aliphatic carbocycles. The number of carbonyl (C=O) groups is 1. The molecule has 14 heavy (non-hydrogen) atoms. The molecule has 84 valence electrons. The Kier molecular flexibility index (Phi) is 8.50. The minimum absolute atomic E-state index is 0.121. The Bertz CT molecular complexity index is 164. The van der Waals surface area contributed by atoms with Gasteiger partial charge in [0.25, 0.3) is 0 Å². The third kappa shape index (κ3) is 8.71. The Hall–Kier alpha value is 0.120. The van der Waals surface area contributed by atoms with Crippen LogP contribution in [0.25, 0.3) is 0 Å². The van der Waals surface area contributed by atoms with Crippen LogP contribution in [0, 0.1) is 0 Å². The van der Waals surface area contributed by atoms with E-state index < -0.39 is 0 Å². The monoisotopic (exact) mass is 315 g/mol. The molecule has 0 aliphatic heterocycles. The topological polar surface area (TPSA) is 49.8 Å². The van der Waals surface area contributed by atoms with Gasteiger partial charge in [-0.2, -0.15) is 0 Å². The lowest BCUT2D eigenvalue weighted by atomic mass is 10.4. The van der Waals surface area contributed by atoms with Gasteiger partial charge in [-0.3, -0.25) is 4.79 Å². The van der Waals surface area contributed by atoms with Crippen LogP contribution in [0.5, 0.6) is 0 Å². The number of halogens is 1. The average Bonchev–Trinajstić information content (AvgIpc) is 2.12. The van der Waals surface area contributed by atoms with Crippen LogP contribution in [0.15, 0.2) is 0 Å². The van der Waals surface area contributed by atoms with Crippen LogP contribution in [0.4, 0.5) is 0 Å². The highest BCUT2D eigenvalue weighted by atomic mass is 127. The van der Waals surface area contributed by atoms with Crippen molar-refractivity contribution in [3.63, 3.8) is 0 Å². The highest BCUT2D eigenvalue weighted by molar-refractivity contribution is 14.1. The summed E-state index contributed by atoms with van der Waals surface area (Å²) in [6.07, 6.45) is 0.389. The molecule has 1 unspecified atom stereocenters. The smallest absolute Gasteiger partial charge is 0.307 e. The maximum atomic E-state index is 11.1. The highest BCUT2D eigenvalue weighted by Gasteiger charge is 2.06. The van der Waals surface area contributed by atoms with Gasteiger partial charge >= 0.3 is 5.97 Å². The van der Waals surface area contributed by atoms with Gasteiger partial charge in [-0.15, -0.1) is 0 Å². The van der Waals surface area contributed by atoms with E-state index in [-0.39, 0.29) is 12.6 Å². The lowest BCUT2D eigenvalue weighted by molar-refractivity contribution is -0.143. The Morgan fingerprint density at radius 1 is 1.57 bits per heavy atom. The third-order valence-electron chi connectivity index (χ3n) is 1.65. The van der Waals surface area contributed by atoms with Crippen LogP contribution in [0.3, 0.4) is 0 Å². The van der Waals surface area contributed by atoms with Gasteiger partial charge in [0.1, 0.15) is 6.61 Å². The van der Waals surface area contributed by atoms with E-state index >= 15 is 0 Å². The normalized spacial score (nSPS) is 12.9. The van der Waals surface area contributed by atoms with E-state index in [1.807, 2.05) is 18.9 Å². The van der Waals surface area contributed by atoms with Crippen molar-refractivity contribution in [1.29, 1.82) is 0 Å². The first-order valence-corrected chi connectivity index (χ1v) is 5.90. The van der Waals surface area contributed by atoms with Crippen LogP contribution in [0.1, 0.15) is 13.3 Å². The second-order valence-corrected chi connectivity index (χ2v) is 5.37. The largest absolute Gasteiger partial charge is 0.465 e. The van der Waals surface area contributed by atoms with E-state index in [1.54, 1.807) is 0 Å². The first-order chi connectivity index (χ1) is 6.56. The summed E-state index contributed by atoms with van der Waals surface area (Å²) in [5.41, 5.74) is 0. The fourth-order valence-electron chi connectivity index (χ4n) is 0.845. The van der Waals surface area contributed by atoms with Gasteiger partial charge in [0.15, 0.2) is 0 Å². The van der Waals surface area contributed by atoms with Crippen LogP contribution in [-0.4, -0.2) is 53.3 Å². The number of aliphatic hydroxyl groups excluding tert-OH is 1. The average molecular weight is 315 g/mol. The molecule has 0 fully saturated rings. The van der Waals surface area contributed by atoms with Crippen molar-refractivity contribution in [2.24, 2.45) is 0 Å². The van der Waals surface area contributed by atoms with Crippen molar-refractivity contribution in [3.8, 4) is 0 Å². The Labute approximate surface area is 98.7 Å². The number of ether oxygens (including phenoxy) is 1. The number of hydrogen-bond acceptors (Lipinski definition) is 4. The summed E-state index contributed by atoms with van der Waals surface area (Å²) in [7, 11) is 1.87. The van der Waals surface area contributed by atoms with E-state index in [0.29, 0.717) is 30.0 Å². The maximum Gasteiger partial charge on any atom is 0.307 e. The predicted octanol–water partition coefficient (Wildman–Crippen LogP) is 0.667. The van der Waals surface area contributed by atoms with Crippen molar-refractivity contribution in [2.75, 3.05) is 33.4 Å². The molecule has 0 aromatic carbocycles. The SMILES string of the molecule is CC(I)COC(=O)CCN(C)CCO. The zero-order valence-electron chi connectivity index (χ0n) is 8.70. The minimum atomic E-state index is -0.168. The molecule has 0 aromatic heterocycles. The van der Waals surface area contributed by atoms with Crippen LogP contribution < -0.4 is 0 Å². The number of likely N-dealkylation sites (N-methyl/N-ethyl adjacent to an activating group) is 1. The first-order valence-electron chi connectivity index (χ1n) is 4.65. The zero-order chi connectivity index (χ0) is 11.0. The zero-order valence-corrected chi connectivity index (χ0v) is 10.9. The van der Waals surface area contributed by atoms with E-state index in [4.69, 9.17) is 9.84 Å². The molecule has 0 saturated heterocycles. The molecule has 0 radical (unpaired) electrons. The number of nitrogens with zero attached hydrogens (tertiary/aromatic N) is 1. The van der Waals surface area contributed by atoms with E-state index in [0.717, 1.165) is 0 Å². The number of alkyl halides is 1. The van der Waals surface area contributed by atoms with Crippen molar-refractivity contribution in [2.45, 2.75) is 17.3 Å². The molecular weight excluding hydrogens is 297 g/mol. The molecule has 1 N–H and O–H groups in total.